The van der Waals surface area contributed by atoms with E-state index in [1.165, 1.54) is 6.07 Å². The second kappa shape index (κ2) is 6.11. The maximum Gasteiger partial charge on any atom is 0.416 e. The van der Waals surface area contributed by atoms with Crippen molar-refractivity contribution in [3.63, 3.8) is 0 Å². The number of benzene rings is 1. The third kappa shape index (κ3) is 3.71. The van der Waals surface area contributed by atoms with Crippen LogP contribution in [0.1, 0.15) is 17.5 Å². The molecule has 1 aliphatic rings. The number of likely N-dealkylation sites (tertiary alicyclic amines) is 1. The first kappa shape index (κ1) is 15.3. The fourth-order valence-corrected chi connectivity index (χ4v) is 2.60. The Morgan fingerprint density at radius 2 is 2.05 bits per heavy atom. The Balaban J connectivity index is 1.97. The average Bonchev–Trinajstić information content (AvgIpc) is 2.76. The molecule has 2 atom stereocenters. The number of aliphatic hydroxyl groups is 2. The van der Waals surface area contributed by atoms with Gasteiger partial charge in [0, 0.05) is 19.1 Å². The van der Waals surface area contributed by atoms with Gasteiger partial charge in [0.25, 0.3) is 0 Å². The third-order valence-corrected chi connectivity index (χ3v) is 3.66. The molecule has 3 nitrogen and oxygen atoms in total. The standard InChI is InChI=1S/C14H18F3NO2/c15-14(16,17)11-3-1-2-10(6-11)4-5-18-8-13(20)7-12(18)9-19/h1-3,6,12-13,19-20H,4-5,7-9H2/t12-,13+/m0/s1. The first-order valence-electron chi connectivity index (χ1n) is 6.59. The molecule has 1 aromatic rings. The number of rotatable bonds is 4. The normalized spacial score (nSPS) is 24.2. The molecule has 0 amide bonds. The molecule has 1 saturated heterocycles. The van der Waals surface area contributed by atoms with Crippen molar-refractivity contribution >= 4 is 0 Å². The van der Waals surface area contributed by atoms with E-state index in [-0.39, 0.29) is 12.6 Å². The van der Waals surface area contributed by atoms with Crippen molar-refractivity contribution in [1.82, 2.24) is 4.90 Å². The first-order chi connectivity index (χ1) is 9.40. The summed E-state index contributed by atoms with van der Waals surface area (Å²) >= 11 is 0. The summed E-state index contributed by atoms with van der Waals surface area (Å²) in [4.78, 5) is 1.92. The predicted octanol–water partition coefficient (Wildman–Crippen LogP) is 1.68. The number of halogens is 3. The van der Waals surface area contributed by atoms with Gasteiger partial charge in [-0.3, -0.25) is 4.90 Å². The highest BCUT2D eigenvalue weighted by molar-refractivity contribution is 5.25. The molecule has 0 aliphatic carbocycles. The Morgan fingerprint density at radius 3 is 2.70 bits per heavy atom. The summed E-state index contributed by atoms with van der Waals surface area (Å²) < 4.78 is 37.8. The lowest BCUT2D eigenvalue weighted by atomic mass is 10.1. The van der Waals surface area contributed by atoms with Crippen LogP contribution in [0.5, 0.6) is 0 Å². The summed E-state index contributed by atoms with van der Waals surface area (Å²) in [6.07, 6.45) is -3.81. The van der Waals surface area contributed by atoms with Gasteiger partial charge in [-0.1, -0.05) is 18.2 Å². The van der Waals surface area contributed by atoms with Crippen LogP contribution in [-0.2, 0) is 12.6 Å². The fraction of sp³-hybridized carbons (Fsp3) is 0.571. The van der Waals surface area contributed by atoms with E-state index < -0.39 is 17.8 Å². The largest absolute Gasteiger partial charge is 0.416 e. The van der Waals surface area contributed by atoms with Gasteiger partial charge in [-0.2, -0.15) is 13.2 Å². The molecule has 1 heterocycles. The van der Waals surface area contributed by atoms with Crippen molar-refractivity contribution < 1.29 is 23.4 Å². The topological polar surface area (TPSA) is 43.7 Å². The fourth-order valence-electron chi connectivity index (χ4n) is 2.60. The predicted molar refractivity (Wildman–Crippen MR) is 68.2 cm³/mol. The summed E-state index contributed by atoms with van der Waals surface area (Å²) in [5.74, 6) is 0. The zero-order chi connectivity index (χ0) is 14.8. The number of nitrogens with zero attached hydrogens (tertiary/aromatic N) is 1. The van der Waals surface area contributed by atoms with Crippen molar-refractivity contribution in [1.29, 1.82) is 0 Å². The van der Waals surface area contributed by atoms with Crippen LogP contribution in [0.2, 0.25) is 0 Å². The van der Waals surface area contributed by atoms with Crippen molar-refractivity contribution in [3.8, 4) is 0 Å². The summed E-state index contributed by atoms with van der Waals surface area (Å²) in [5, 5.41) is 18.7. The van der Waals surface area contributed by atoms with Crippen LogP contribution in [0, 0.1) is 0 Å². The van der Waals surface area contributed by atoms with Gasteiger partial charge in [-0.15, -0.1) is 0 Å². The monoisotopic (exact) mass is 289 g/mol. The van der Waals surface area contributed by atoms with E-state index in [0.717, 1.165) is 12.1 Å². The van der Waals surface area contributed by atoms with E-state index in [4.69, 9.17) is 0 Å². The molecule has 2 N–H and O–H groups in total. The molecule has 1 fully saturated rings. The zero-order valence-corrected chi connectivity index (χ0v) is 11.0. The van der Waals surface area contributed by atoms with E-state index >= 15 is 0 Å². The molecule has 1 aromatic carbocycles. The minimum Gasteiger partial charge on any atom is -0.395 e. The summed E-state index contributed by atoms with van der Waals surface area (Å²) in [6, 6.07) is 5.17. The lowest BCUT2D eigenvalue weighted by molar-refractivity contribution is -0.137. The molecular weight excluding hydrogens is 271 g/mol. The highest BCUT2D eigenvalue weighted by Crippen LogP contribution is 2.29. The van der Waals surface area contributed by atoms with Crippen molar-refractivity contribution in [2.45, 2.75) is 31.2 Å². The second-order valence-electron chi connectivity index (χ2n) is 5.17. The van der Waals surface area contributed by atoms with E-state index in [1.807, 2.05) is 4.90 Å². The molecule has 0 radical (unpaired) electrons. The Bertz CT molecular complexity index is 450. The quantitative estimate of drug-likeness (QED) is 0.886. The van der Waals surface area contributed by atoms with E-state index in [0.29, 0.717) is 31.5 Å². The number of hydrogen-bond acceptors (Lipinski definition) is 3. The van der Waals surface area contributed by atoms with Gasteiger partial charge in [0.1, 0.15) is 0 Å². The molecule has 0 saturated carbocycles. The summed E-state index contributed by atoms with van der Waals surface area (Å²) in [5.41, 5.74) is -0.0342. The zero-order valence-electron chi connectivity index (χ0n) is 11.0. The highest BCUT2D eigenvalue weighted by Gasteiger charge is 2.31. The molecule has 20 heavy (non-hydrogen) atoms. The minimum atomic E-state index is -4.33. The number of β-amino-alcohol motifs (C(OH)–C–C–N with tert-alkyl or cyclic N) is 1. The van der Waals surface area contributed by atoms with E-state index in [1.54, 1.807) is 6.07 Å². The van der Waals surface area contributed by atoms with Crippen LogP contribution < -0.4 is 0 Å². The Kier molecular flexibility index (Phi) is 4.67. The molecule has 1 aliphatic heterocycles. The second-order valence-corrected chi connectivity index (χ2v) is 5.17. The maximum atomic E-state index is 12.6. The summed E-state index contributed by atoms with van der Waals surface area (Å²) in [6.45, 7) is 0.952. The molecular formula is C14H18F3NO2. The smallest absolute Gasteiger partial charge is 0.395 e. The van der Waals surface area contributed by atoms with Crippen molar-refractivity contribution in [3.05, 3.63) is 35.4 Å². The third-order valence-electron chi connectivity index (χ3n) is 3.66. The van der Waals surface area contributed by atoms with Crippen LogP contribution in [0.25, 0.3) is 0 Å². The first-order valence-corrected chi connectivity index (χ1v) is 6.59. The van der Waals surface area contributed by atoms with Crippen LogP contribution in [0.3, 0.4) is 0 Å². The molecule has 0 aromatic heterocycles. The minimum absolute atomic E-state index is 0.0420. The molecule has 0 bridgehead atoms. The molecule has 6 heteroatoms. The van der Waals surface area contributed by atoms with Crippen LogP contribution in [0.15, 0.2) is 24.3 Å². The Labute approximate surface area is 115 Å². The average molecular weight is 289 g/mol. The van der Waals surface area contributed by atoms with Crippen molar-refractivity contribution in [2.75, 3.05) is 19.7 Å². The van der Waals surface area contributed by atoms with Gasteiger partial charge in [0.05, 0.1) is 18.3 Å². The maximum absolute atomic E-state index is 12.6. The van der Waals surface area contributed by atoms with Crippen LogP contribution in [-0.4, -0.2) is 47.0 Å². The molecule has 0 unspecified atom stereocenters. The van der Waals surface area contributed by atoms with Gasteiger partial charge in [-0.05, 0) is 24.5 Å². The molecule has 2 rings (SSSR count). The lowest BCUT2D eigenvalue weighted by Crippen LogP contribution is -2.34. The Hall–Kier alpha value is -1.11. The van der Waals surface area contributed by atoms with Crippen molar-refractivity contribution in [2.24, 2.45) is 0 Å². The van der Waals surface area contributed by atoms with Crippen LogP contribution >= 0.6 is 0 Å². The molecule has 0 spiro atoms. The van der Waals surface area contributed by atoms with Gasteiger partial charge < -0.3 is 10.2 Å². The Morgan fingerprint density at radius 1 is 1.30 bits per heavy atom. The number of hydrogen-bond donors (Lipinski definition) is 2. The van der Waals surface area contributed by atoms with E-state index in [9.17, 15) is 23.4 Å². The van der Waals surface area contributed by atoms with Gasteiger partial charge in [0.15, 0.2) is 0 Å². The SMILES string of the molecule is OC[C@@H]1C[C@@H](O)CN1CCc1cccc(C(F)(F)F)c1. The number of alkyl halides is 3. The van der Waals surface area contributed by atoms with Gasteiger partial charge >= 0.3 is 6.18 Å². The number of aliphatic hydroxyl groups excluding tert-OH is 2. The van der Waals surface area contributed by atoms with Gasteiger partial charge in [-0.25, -0.2) is 0 Å². The molecule has 112 valence electrons. The van der Waals surface area contributed by atoms with Gasteiger partial charge in [0.2, 0.25) is 0 Å². The van der Waals surface area contributed by atoms with Crippen LogP contribution in [0.4, 0.5) is 13.2 Å². The summed E-state index contributed by atoms with van der Waals surface area (Å²) in [7, 11) is 0. The lowest BCUT2D eigenvalue weighted by Gasteiger charge is -2.22. The van der Waals surface area contributed by atoms with E-state index in [2.05, 4.69) is 0 Å². The highest BCUT2D eigenvalue weighted by atomic mass is 19.4.